The lowest BCUT2D eigenvalue weighted by atomic mass is 10.2. The van der Waals surface area contributed by atoms with Crippen molar-refractivity contribution in [3.63, 3.8) is 0 Å². The van der Waals surface area contributed by atoms with Gasteiger partial charge >= 0.3 is 6.18 Å². The van der Waals surface area contributed by atoms with Crippen LogP contribution in [0.2, 0.25) is 0 Å². The number of aryl methyl sites for hydroxylation is 1. The van der Waals surface area contributed by atoms with Gasteiger partial charge in [-0.05, 0) is 66.8 Å². The van der Waals surface area contributed by atoms with Gasteiger partial charge in [0.2, 0.25) is 0 Å². The Morgan fingerprint density at radius 3 is 2.57 bits per heavy atom. The molecular formula is C19H15F3N4S2. The van der Waals surface area contributed by atoms with E-state index in [9.17, 15) is 13.2 Å². The molecule has 2 N–H and O–H groups in total. The molecule has 0 spiro atoms. The third-order valence-corrected chi connectivity index (χ3v) is 4.70. The van der Waals surface area contributed by atoms with Gasteiger partial charge in [-0.25, -0.2) is 9.97 Å². The molecule has 0 aliphatic rings. The fourth-order valence-corrected chi connectivity index (χ4v) is 3.37. The van der Waals surface area contributed by atoms with Gasteiger partial charge in [-0.2, -0.15) is 13.2 Å². The first-order chi connectivity index (χ1) is 13.3. The highest BCUT2D eigenvalue weighted by Crippen LogP contribution is 2.33. The fraction of sp³-hybridized carbons (Fsp3) is 0.105. The monoisotopic (exact) mass is 420 g/mol. The van der Waals surface area contributed by atoms with Gasteiger partial charge in [-0.3, -0.25) is 0 Å². The van der Waals surface area contributed by atoms with Crippen LogP contribution in [0.3, 0.4) is 0 Å². The molecule has 0 saturated carbocycles. The maximum absolute atomic E-state index is 12.9. The van der Waals surface area contributed by atoms with Gasteiger partial charge in [0.15, 0.2) is 10.3 Å². The summed E-state index contributed by atoms with van der Waals surface area (Å²) in [6, 6.07) is 15.7. The van der Waals surface area contributed by atoms with Crippen molar-refractivity contribution in [2.45, 2.75) is 23.2 Å². The minimum atomic E-state index is -4.52. The molecule has 4 nitrogen and oxygen atoms in total. The van der Waals surface area contributed by atoms with Crippen LogP contribution in [-0.4, -0.2) is 15.1 Å². The van der Waals surface area contributed by atoms with Crippen LogP contribution in [0.5, 0.6) is 0 Å². The Morgan fingerprint density at radius 2 is 1.82 bits per heavy atom. The Morgan fingerprint density at radius 1 is 1.04 bits per heavy atom. The number of halogens is 3. The lowest BCUT2D eigenvalue weighted by Crippen LogP contribution is -2.19. The van der Waals surface area contributed by atoms with E-state index in [1.807, 2.05) is 31.2 Å². The number of aromatic nitrogens is 2. The molecule has 0 atom stereocenters. The summed E-state index contributed by atoms with van der Waals surface area (Å²) in [4.78, 5) is 8.16. The van der Waals surface area contributed by atoms with E-state index in [0.29, 0.717) is 15.7 Å². The van der Waals surface area contributed by atoms with Gasteiger partial charge in [-0.1, -0.05) is 24.3 Å². The van der Waals surface area contributed by atoms with E-state index < -0.39 is 11.9 Å². The Balaban J connectivity index is 1.75. The van der Waals surface area contributed by atoms with Crippen molar-refractivity contribution in [3.05, 3.63) is 72.1 Å². The molecule has 2 aromatic carbocycles. The van der Waals surface area contributed by atoms with Gasteiger partial charge in [0, 0.05) is 16.8 Å². The van der Waals surface area contributed by atoms with E-state index in [0.717, 1.165) is 35.3 Å². The Kier molecular flexibility index (Phi) is 6.15. The standard InChI is InChI=1S/C19H15F3N4S2/c1-12-5-4-6-13(11-12)24-17(27)25-14-7-2-3-8-15(14)28-18-23-10-9-16(26-18)19(20,21)22/h2-11H,1H3,(H2,24,25,27). The summed E-state index contributed by atoms with van der Waals surface area (Å²) in [6.07, 6.45) is -3.42. The van der Waals surface area contributed by atoms with Crippen molar-refractivity contribution < 1.29 is 13.2 Å². The van der Waals surface area contributed by atoms with Crippen molar-refractivity contribution in [1.82, 2.24) is 9.97 Å². The molecule has 0 bridgehead atoms. The number of para-hydroxylation sites is 1. The lowest BCUT2D eigenvalue weighted by Gasteiger charge is -2.14. The van der Waals surface area contributed by atoms with E-state index in [2.05, 4.69) is 20.6 Å². The van der Waals surface area contributed by atoms with Crippen LogP contribution in [0, 0.1) is 6.92 Å². The molecule has 0 aliphatic heterocycles. The maximum Gasteiger partial charge on any atom is 0.433 e. The molecule has 3 rings (SSSR count). The number of hydrogen-bond acceptors (Lipinski definition) is 4. The highest BCUT2D eigenvalue weighted by Gasteiger charge is 2.32. The molecule has 0 aliphatic carbocycles. The molecule has 0 unspecified atom stereocenters. The average Bonchev–Trinajstić information content (AvgIpc) is 2.63. The number of alkyl halides is 3. The Labute approximate surface area is 169 Å². The van der Waals surface area contributed by atoms with Gasteiger partial charge < -0.3 is 10.6 Å². The number of hydrogen-bond donors (Lipinski definition) is 2. The first-order valence-electron chi connectivity index (χ1n) is 8.13. The van der Waals surface area contributed by atoms with Crippen LogP contribution < -0.4 is 10.6 Å². The summed E-state index contributed by atoms with van der Waals surface area (Å²) in [6.45, 7) is 1.97. The molecule has 3 aromatic rings. The third-order valence-electron chi connectivity index (χ3n) is 3.54. The molecule has 0 saturated heterocycles. The van der Waals surface area contributed by atoms with E-state index in [4.69, 9.17) is 12.2 Å². The summed E-state index contributed by atoms with van der Waals surface area (Å²) >= 11 is 6.37. The summed E-state index contributed by atoms with van der Waals surface area (Å²) in [5.41, 5.74) is 1.58. The van der Waals surface area contributed by atoms with Gasteiger partial charge in [0.25, 0.3) is 0 Å². The zero-order valence-electron chi connectivity index (χ0n) is 14.6. The molecule has 0 radical (unpaired) electrons. The van der Waals surface area contributed by atoms with E-state index in [1.165, 1.54) is 0 Å². The number of nitrogens with one attached hydrogen (secondary N) is 2. The lowest BCUT2D eigenvalue weighted by molar-refractivity contribution is -0.141. The normalized spacial score (nSPS) is 11.1. The van der Waals surface area contributed by atoms with Crippen molar-refractivity contribution in [2.24, 2.45) is 0 Å². The van der Waals surface area contributed by atoms with Crippen LogP contribution in [-0.2, 0) is 6.18 Å². The van der Waals surface area contributed by atoms with Crippen molar-refractivity contribution in [2.75, 3.05) is 10.6 Å². The predicted molar refractivity (Wildman–Crippen MR) is 109 cm³/mol. The van der Waals surface area contributed by atoms with Crippen LogP contribution in [0.4, 0.5) is 24.5 Å². The molecule has 144 valence electrons. The van der Waals surface area contributed by atoms with Crippen LogP contribution >= 0.6 is 24.0 Å². The molecular weight excluding hydrogens is 405 g/mol. The SMILES string of the molecule is Cc1cccc(NC(=S)Nc2ccccc2Sc2nccc(C(F)(F)F)n2)c1. The number of thiocarbonyl (C=S) groups is 1. The van der Waals surface area contributed by atoms with Crippen LogP contribution in [0.1, 0.15) is 11.3 Å². The number of rotatable bonds is 4. The minimum Gasteiger partial charge on any atom is -0.332 e. The second-order valence-corrected chi connectivity index (χ2v) is 7.19. The number of benzene rings is 2. The quantitative estimate of drug-likeness (QED) is 0.413. The minimum absolute atomic E-state index is 0.00152. The first kappa shape index (κ1) is 20.1. The fourth-order valence-electron chi connectivity index (χ4n) is 2.31. The van der Waals surface area contributed by atoms with Crippen molar-refractivity contribution >= 4 is 40.5 Å². The molecule has 9 heteroatoms. The third kappa shape index (κ3) is 5.43. The number of nitrogens with zero attached hydrogens (tertiary/aromatic N) is 2. The zero-order valence-corrected chi connectivity index (χ0v) is 16.3. The highest BCUT2D eigenvalue weighted by molar-refractivity contribution is 7.99. The Hall–Kier alpha value is -2.65. The topological polar surface area (TPSA) is 49.8 Å². The number of anilines is 2. The zero-order chi connectivity index (χ0) is 20.1. The summed E-state index contributed by atoms with van der Waals surface area (Å²) in [5.74, 6) is 0. The summed E-state index contributed by atoms with van der Waals surface area (Å²) < 4.78 is 38.6. The molecule has 1 heterocycles. The summed E-state index contributed by atoms with van der Waals surface area (Å²) in [5, 5.41) is 6.51. The van der Waals surface area contributed by atoms with Crippen molar-refractivity contribution in [1.29, 1.82) is 0 Å². The van der Waals surface area contributed by atoms with Gasteiger partial charge in [0.05, 0.1) is 5.69 Å². The first-order valence-corrected chi connectivity index (χ1v) is 9.35. The average molecular weight is 420 g/mol. The van der Waals surface area contributed by atoms with Crippen LogP contribution in [0.15, 0.2) is 70.8 Å². The van der Waals surface area contributed by atoms with Gasteiger partial charge in [0.1, 0.15) is 5.69 Å². The second-order valence-electron chi connectivity index (χ2n) is 5.77. The van der Waals surface area contributed by atoms with E-state index in [-0.39, 0.29) is 5.16 Å². The molecule has 0 fully saturated rings. The van der Waals surface area contributed by atoms with Gasteiger partial charge in [-0.15, -0.1) is 0 Å². The van der Waals surface area contributed by atoms with Crippen molar-refractivity contribution in [3.8, 4) is 0 Å². The predicted octanol–water partition coefficient (Wildman–Crippen LogP) is 5.76. The van der Waals surface area contributed by atoms with E-state index >= 15 is 0 Å². The smallest absolute Gasteiger partial charge is 0.332 e. The molecule has 0 amide bonds. The largest absolute Gasteiger partial charge is 0.433 e. The molecule has 1 aromatic heterocycles. The van der Waals surface area contributed by atoms with Crippen LogP contribution in [0.25, 0.3) is 0 Å². The molecule has 28 heavy (non-hydrogen) atoms. The summed E-state index contributed by atoms with van der Waals surface area (Å²) in [7, 11) is 0. The van der Waals surface area contributed by atoms with E-state index in [1.54, 1.807) is 24.3 Å². The highest BCUT2D eigenvalue weighted by atomic mass is 32.2. The second kappa shape index (κ2) is 8.57. The Bertz CT molecular complexity index is 993. The maximum atomic E-state index is 12.9.